The second kappa shape index (κ2) is 9.36. The summed E-state index contributed by atoms with van der Waals surface area (Å²) in [7, 11) is 0. The first kappa shape index (κ1) is 24.6. The Morgan fingerprint density at radius 2 is 1.77 bits per heavy atom. The van der Waals surface area contributed by atoms with Crippen LogP contribution in [0.5, 0.6) is 0 Å². The van der Waals surface area contributed by atoms with Crippen molar-refractivity contribution in [2.24, 2.45) is 0 Å². The van der Waals surface area contributed by atoms with Gasteiger partial charge in [0.1, 0.15) is 24.4 Å². The van der Waals surface area contributed by atoms with Gasteiger partial charge < -0.3 is 31.3 Å². The Kier molecular flexibility index (Phi) is 8.84. The van der Waals surface area contributed by atoms with Crippen molar-refractivity contribution in [2.75, 3.05) is 13.2 Å². The number of hydrogen-bond acceptors (Lipinski definition) is 8. The van der Waals surface area contributed by atoms with E-state index in [1.54, 1.807) is 4.68 Å². The second-order valence-corrected chi connectivity index (χ2v) is 8.11. The molecule has 0 aromatic carbocycles. The maximum absolute atomic E-state index is 10.0. The molecule has 1 aromatic heterocycles. The van der Waals surface area contributed by atoms with E-state index in [-0.39, 0.29) is 65.0 Å². The first-order valence-corrected chi connectivity index (χ1v) is 8.33. The van der Waals surface area contributed by atoms with E-state index in [0.717, 1.165) is 0 Å². The molecule has 0 bridgehead atoms. The molecule has 0 spiro atoms. The van der Waals surface area contributed by atoms with Gasteiger partial charge in [0.15, 0.2) is 6.29 Å². The maximum Gasteiger partial charge on any atom is 1.00 e. The molecule has 10 heteroatoms. The third-order valence-electron chi connectivity index (χ3n) is 4.33. The molecule has 0 aliphatic carbocycles. The maximum atomic E-state index is 10.0. The van der Waals surface area contributed by atoms with Crippen LogP contribution in [0, 0.1) is 0 Å². The SMILES string of the molecule is CC(C)(CO[C@@H]1O[C@H](CO)[C@H](O)[C@H](O)[C@H]1O)c1cn(C(C)(C)C)nn1.[H-].[K+]. The molecule has 0 amide bonds. The van der Waals surface area contributed by atoms with Gasteiger partial charge in [0.25, 0.3) is 0 Å². The molecule has 146 valence electrons. The molecular weight excluding hydrogens is 369 g/mol. The average Bonchev–Trinajstić information content (AvgIpc) is 3.03. The number of aliphatic hydroxyl groups excluding tert-OH is 4. The van der Waals surface area contributed by atoms with Gasteiger partial charge >= 0.3 is 51.4 Å². The molecule has 9 nitrogen and oxygen atoms in total. The predicted octanol–water partition coefficient (Wildman–Crippen LogP) is -3.76. The number of aromatic nitrogens is 3. The van der Waals surface area contributed by atoms with Crippen molar-refractivity contribution in [3.63, 3.8) is 0 Å². The zero-order chi connectivity index (χ0) is 19.0. The van der Waals surface area contributed by atoms with Gasteiger partial charge in [-0.2, -0.15) is 0 Å². The molecule has 1 aliphatic heterocycles. The molecular formula is C16H30KN3O6. The van der Waals surface area contributed by atoms with Crippen LogP contribution in [0.1, 0.15) is 41.7 Å². The Hall–Kier alpha value is 0.536. The summed E-state index contributed by atoms with van der Waals surface area (Å²) in [6.07, 6.45) is -4.59. The van der Waals surface area contributed by atoms with Gasteiger partial charge in [0.2, 0.25) is 0 Å². The Bertz CT molecular complexity index is 581. The summed E-state index contributed by atoms with van der Waals surface area (Å²) >= 11 is 0. The Morgan fingerprint density at radius 3 is 2.27 bits per heavy atom. The molecule has 1 aliphatic rings. The molecule has 26 heavy (non-hydrogen) atoms. The molecule has 4 N–H and O–H groups in total. The van der Waals surface area contributed by atoms with E-state index < -0.39 is 42.7 Å². The Morgan fingerprint density at radius 1 is 1.15 bits per heavy atom. The molecule has 2 rings (SSSR count). The molecule has 0 radical (unpaired) electrons. The van der Waals surface area contributed by atoms with E-state index in [4.69, 9.17) is 9.47 Å². The van der Waals surface area contributed by atoms with Crippen LogP contribution in [0.3, 0.4) is 0 Å². The third-order valence-corrected chi connectivity index (χ3v) is 4.33. The van der Waals surface area contributed by atoms with Crippen molar-refractivity contribution in [2.45, 2.75) is 76.3 Å². The van der Waals surface area contributed by atoms with Crippen molar-refractivity contribution < 1.29 is 82.7 Å². The summed E-state index contributed by atoms with van der Waals surface area (Å²) < 4.78 is 12.7. The van der Waals surface area contributed by atoms with Crippen LogP contribution in [0.15, 0.2) is 6.20 Å². The normalized spacial score (nSPS) is 30.1. The van der Waals surface area contributed by atoms with Crippen LogP contribution in [0.2, 0.25) is 0 Å². The van der Waals surface area contributed by atoms with E-state index in [9.17, 15) is 20.4 Å². The van der Waals surface area contributed by atoms with Gasteiger partial charge in [-0.1, -0.05) is 19.1 Å². The standard InChI is InChI=1S/C16H29N3O6.K.H/c1-15(2,3)19-6-10(17-18-19)16(4,5)8-24-14-13(23)12(22)11(21)9(7-20)25-14;;/h6,9,11-14,20-23H,7-8H2,1-5H3;;/q;+1;-1/t9-,11+,12+,13-,14-;;/m1../s1. The minimum absolute atomic E-state index is 0. The van der Waals surface area contributed by atoms with Gasteiger partial charge in [-0.15, -0.1) is 5.10 Å². The van der Waals surface area contributed by atoms with Crippen LogP contribution in [0.25, 0.3) is 0 Å². The topological polar surface area (TPSA) is 130 Å². The zero-order valence-corrected chi connectivity index (χ0v) is 19.4. The number of rotatable bonds is 5. The van der Waals surface area contributed by atoms with Crippen LogP contribution >= 0.6 is 0 Å². The van der Waals surface area contributed by atoms with Crippen LogP contribution < -0.4 is 51.4 Å². The molecule has 1 saturated heterocycles. The van der Waals surface area contributed by atoms with Crippen molar-refractivity contribution in [3.8, 4) is 0 Å². The van der Waals surface area contributed by atoms with Gasteiger partial charge in [0.05, 0.1) is 24.4 Å². The van der Waals surface area contributed by atoms with E-state index in [0.29, 0.717) is 5.69 Å². The van der Waals surface area contributed by atoms with Crippen molar-refractivity contribution in [1.82, 2.24) is 15.0 Å². The molecule has 1 fully saturated rings. The van der Waals surface area contributed by atoms with E-state index >= 15 is 0 Å². The fourth-order valence-electron chi connectivity index (χ4n) is 2.47. The van der Waals surface area contributed by atoms with E-state index in [1.807, 2.05) is 40.8 Å². The van der Waals surface area contributed by atoms with E-state index in [2.05, 4.69) is 10.3 Å². The summed E-state index contributed by atoms with van der Waals surface area (Å²) in [5, 5.41) is 47.2. The molecule has 5 atom stereocenters. The summed E-state index contributed by atoms with van der Waals surface area (Å²) in [6.45, 7) is 9.52. The van der Waals surface area contributed by atoms with E-state index in [1.165, 1.54) is 0 Å². The quantitative estimate of drug-likeness (QED) is 0.372. The number of ether oxygens (including phenoxy) is 2. The number of hydrogen-bond donors (Lipinski definition) is 4. The van der Waals surface area contributed by atoms with Gasteiger partial charge in [-0.25, -0.2) is 4.68 Å². The average molecular weight is 400 g/mol. The predicted molar refractivity (Wildman–Crippen MR) is 88.9 cm³/mol. The van der Waals surface area contributed by atoms with Crippen LogP contribution in [0.4, 0.5) is 0 Å². The fraction of sp³-hybridized carbons (Fsp3) is 0.875. The molecule has 1 aromatic rings. The van der Waals surface area contributed by atoms with Crippen molar-refractivity contribution >= 4 is 0 Å². The minimum atomic E-state index is -1.46. The number of nitrogens with zero attached hydrogens (tertiary/aromatic N) is 3. The summed E-state index contributed by atoms with van der Waals surface area (Å²) in [6, 6.07) is 0. The summed E-state index contributed by atoms with van der Waals surface area (Å²) in [5.74, 6) is 0. The van der Waals surface area contributed by atoms with Crippen molar-refractivity contribution in [1.29, 1.82) is 0 Å². The smallest absolute Gasteiger partial charge is 1.00 e. The third kappa shape index (κ3) is 5.54. The second-order valence-electron chi connectivity index (χ2n) is 8.11. The first-order chi connectivity index (χ1) is 11.5. The van der Waals surface area contributed by atoms with Gasteiger partial charge in [-0.05, 0) is 20.8 Å². The van der Waals surface area contributed by atoms with Gasteiger partial charge in [0, 0.05) is 11.6 Å². The minimum Gasteiger partial charge on any atom is -1.00 e. The van der Waals surface area contributed by atoms with Crippen LogP contribution in [-0.2, 0) is 20.4 Å². The fourth-order valence-corrected chi connectivity index (χ4v) is 2.47. The summed E-state index contributed by atoms with van der Waals surface area (Å²) in [4.78, 5) is 0. The molecule has 0 unspecified atom stereocenters. The van der Waals surface area contributed by atoms with Crippen LogP contribution in [-0.4, -0.2) is 79.3 Å². The monoisotopic (exact) mass is 399 g/mol. The summed E-state index contributed by atoms with van der Waals surface area (Å²) in [5.41, 5.74) is -0.00564. The Balaban J connectivity index is 0.00000338. The zero-order valence-electron chi connectivity index (χ0n) is 17.3. The first-order valence-electron chi connectivity index (χ1n) is 8.33. The molecule has 2 heterocycles. The molecule has 0 saturated carbocycles. The number of aliphatic hydroxyl groups is 4. The van der Waals surface area contributed by atoms with Gasteiger partial charge in [-0.3, -0.25) is 0 Å². The largest absolute Gasteiger partial charge is 1.00 e. The van der Waals surface area contributed by atoms with Crippen molar-refractivity contribution in [3.05, 3.63) is 11.9 Å². The Labute approximate surface area is 197 Å².